The molecule has 0 radical (unpaired) electrons. The summed E-state index contributed by atoms with van der Waals surface area (Å²) in [5, 5.41) is 42.9. The van der Waals surface area contributed by atoms with Crippen molar-refractivity contribution in [1.82, 2.24) is 5.32 Å². The van der Waals surface area contributed by atoms with E-state index in [-0.39, 0.29) is 23.5 Å². The van der Waals surface area contributed by atoms with Gasteiger partial charge in [0.1, 0.15) is 29.9 Å². The highest BCUT2D eigenvalue weighted by Gasteiger charge is 2.60. The second-order valence-electron chi connectivity index (χ2n) is 15.0. The molecule has 2 unspecified atom stereocenters. The Labute approximate surface area is 269 Å². The van der Waals surface area contributed by atoms with Crippen LogP contribution in [0.3, 0.4) is 0 Å². The summed E-state index contributed by atoms with van der Waals surface area (Å²) in [6.45, 7) is 9.41. The zero-order chi connectivity index (χ0) is 31.6. The zero-order valence-corrected chi connectivity index (χ0v) is 28.3. The first-order valence-electron chi connectivity index (χ1n) is 17.5. The summed E-state index contributed by atoms with van der Waals surface area (Å²) in [6.07, 6.45) is 11.7. The Kier molecular flexibility index (Phi) is 11.5. The van der Waals surface area contributed by atoms with Gasteiger partial charge in [-0.1, -0.05) is 51.7 Å². The number of allylic oxidation sites excluding steroid dienone is 1. The summed E-state index contributed by atoms with van der Waals surface area (Å²) in [6, 6.07) is 0.116. The number of carbonyl (C=O) groups excluding carboxylic acids is 1. The maximum Gasteiger partial charge on any atom is 0.217 e. The third-order valence-electron chi connectivity index (χ3n) is 12.8. The number of aliphatic hydroxyl groups is 4. The number of unbranched alkanes of at least 4 members (excludes halogenated alkanes) is 3. The van der Waals surface area contributed by atoms with Gasteiger partial charge in [-0.2, -0.15) is 0 Å². The zero-order valence-electron chi connectivity index (χ0n) is 27.5. The molecule has 9 heteroatoms. The maximum absolute atomic E-state index is 12.4. The molecule has 0 aromatic carbocycles. The van der Waals surface area contributed by atoms with Crippen LogP contribution in [0.25, 0.3) is 0 Å². The highest BCUT2D eigenvalue weighted by molar-refractivity contribution is 7.99. The van der Waals surface area contributed by atoms with Gasteiger partial charge in [-0.25, -0.2) is 0 Å². The van der Waals surface area contributed by atoms with Crippen LogP contribution >= 0.6 is 11.8 Å². The molecule has 0 aromatic heterocycles. The second kappa shape index (κ2) is 14.6. The molecule has 5 aliphatic rings. The van der Waals surface area contributed by atoms with Crippen LogP contribution in [0.2, 0.25) is 0 Å². The van der Waals surface area contributed by atoms with Crippen molar-refractivity contribution in [1.29, 1.82) is 0 Å². The number of aliphatic hydroxyl groups excluding tert-OH is 4. The molecule has 13 atom stereocenters. The van der Waals surface area contributed by atoms with Gasteiger partial charge in [0, 0.05) is 25.0 Å². The number of ether oxygens (including phenoxy) is 2. The van der Waals surface area contributed by atoms with Crippen molar-refractivity contribution >= 4 is 17.7 Å². The quantitative estimate of drug-likeness (QED) is 0.156. The van der Waals surface area contributed by atoms with Crippen molar-refractivity contribution in [2.45, 2.75) is 147 Å². The lowest BCUT2D eigenvalue weighted by Crippen LogP contribution is -2.60. The summed E-state index contributed by atoms with van der Waals surface area (Å²) in [5.41, 5.74) is 1.36. The number of carbonyl (C=O) groups is 1. The molecule has 5 N–H and O–H groups in total. The number of nitrogens with one attached hydrogen (secondary N) is 1. The van der Waals surface area contributed by atoms with Crippen molar-refractivity contribution in [3.05, 3.63) is 11.6 Å². The van der Waals surface area contributed by atoms with Gasteiger partial charge in [0.25, 0.3) is 0 Å². The SMILES string of the molecule is CC[C@H]1CC[C@H]2[C@@H]3CC=C4CC(OCCCCCCS[C@@H]5O[C@H](CO)[C@@H](O)[C@H](O)[C@@H]5O)CC(NC(C)=O)[C@]4(C)[C@H]3CC[C@]12C. The predicted molar refractivity (Wildman–Crippen MR) is 173 cm³/mol. The Hall–Kier alpha value is -0.680. The summed E-state index contributed by atoms with van der Waals surface area (Å²) in [5.74, 6) is 3.86. The fourth-order valence-electron chi connectivity index (χ4n) is 10.3. The summed E-state index contributed by atoms with van der Waals surface area (Å²) in [4.78, 5) is 12.4. The number of hydrogen-bond donors (Lipinski definition) is 5. The maximum atomic E-state index is 12.4. The van der Waals surface area contributed by atoms with Crippen LogP contribution in [0.1, 0.15) is 105 Å². The van der Waals surface area contributed by atoms with Crippen molar-refractivity contribution in [2.24, 2.45) is 34.5 Å². The van der Waals surface area contributed by atoms with E-state index in [1.54, 1.807) is 6.92 Å². The Bertz CT molecular complexity index is 1010. The van der Waals surface area contributed by atoms with Crippen molar-refractivity contribution in [3.63, 3.8) is 0 Å². The minimum Gasteiger partial charge on any atom is -0.394 e. The molecule has 3 saturated carbocycles. The molecule has 1 saturated heterocycles. The standard InChI is InChI=1S/C35H59NO7S/c1-5-22-11-13-26-25-12-10-23-18-24(19-29(36-21(2)38)35(23,4)27(25)14-15-34(22,26)3)42-16-8-6-7-9-17-44-33-32(41)31(40)30(39)28(20-37)43-33/h10,22,24-33,37,39-41H,5-9,11-20H2,1-4H3,(H,36,38)/t22-,24?,25-,26-,27-,28+,29?,30+,31-,32-,33-,34+,35-/m0/s1. The van der Waals surface area contributed by atoms with E-state index in [0.717, 1.165) is 62.0 Å². The van der Waals surface area contributed by atoms with Crippen molar-refractivity contribution in [2.75, 3.05) is 19.0 Å². The van der Waals surface area contributed by atoms with Crippen molar-refractivity contribution in [3.8, 4) is 0 Å². The molecule has 1 amide bonds. The van der Waals surface area contributed by atoms with E-state index in [0.29, 0.717) is 17.9 Å². The molecule has 4 fully saturated rings. The molecule has 0 bridgehead atoms. The van der Waals surface area contributed by atoms with E-state index in [1.807, 2.05) is 0 Å². The highest BCUT2D eigenvalue weighted by atomic mass is 32.2. The lowest BCUT2D eigenvalue weighted by molar-refractivity contribution is -0.205. The Morgan fingerprint density at radius 3 is 2.57 bits per heavy atom. The first-order valence-corrected chi connectivity index (χ1v) is 18.6. The third kappa shape index (κ3) is 6.67. The molecule has 0 spiro atoms. The van der Waals surface area contributed by atoms with Gasteiger partial charge in [-0.3, -0.25) is 4.79 Å². The van der Waals surface area contributed by atoms with Gasteiger partial charge in [0.2, 0.25) is 5.91 Å². The number of fused-ring (bicyclic) bond motifs is 5. The van der Waals surface area contributed by atoms with Crippen LogP contribution in [-0.2, 0) is 14.3 Å². The fraction of sp³-hybridized carbons (Fsp3) is 0.914. The Balaban J connectivity index is 1.09. The molecule has 1 aliphatic heterocycles. The van der Waals surface area contributed by atoms with Gasteiger partial charge in [0.05, 0.1) is 12.7 Å². The monoisotopic (exact) mass is 637 g/mol. The van der Waals surface area contributed by atoms with Gasteiger partial charge in [0.15, 0.2) is 0 Å². The number of rotatable bonds is 12. The molecule has 1 heterocycles. The van der Waals surface area contributed by atoms with E-state index in [2.05, 4.69) is 32.2 Å². The van der Waals surface area contributed by atoms with Crippen LogP contribution < -0.4 is 5.32 Å². The average Bonchev–Trinajstić information content (AvgIpc) is 3.35. The molecule has 8 nitrogen and oxygen atoms in total. The molecular weight excluding hydrogens is 578 g/mol. The van der Waals surface area contributed by atoms with E-state index < -0.39 is 36.5 Å². The highest BCUT2D eigenvalue weighted by Crippen LogP contribution is 2.66. The first kappa shape index (κ1) is 34.6. The molecule has 5 rings (SSSR count). The van der Waals surface area contributed by atoms with E-state index in [1.165, 1.54) is 55.9 Å². The van der Waals surface area contributed by atoms with Crippen LogP contribution in [0.4, 0.5) is 0 Å². The Morgan fingerprint density at radius 1 is 1.07 bits per heavy atom. The van der Waals surface area contributed by atoms with Gasteiger partial charge >= 0.3 is 0 Å². The van der Waals surface area contributed by atoms with E-state index in [9.17, 15) is 25.2 Å². The number of amides is 1. The van der Waals surface area contributed by atoms with Gasteiger partial charge in [-0.15, -0.1) is 11.8 Å². The molecule has 252 valence electrons. The summed E-state index contributed by atoms with van der Waals surface area (Å²) in [7, 11) is 0. The molecule has 4 aliphatic carbocycles. The predicted octanol–water partition coefficient (Wildman–Crippen LogP) is 4.57. The van der Waals surface area contributed by atoms with E-state index in [4.69, 9.17) is 9.47 Å². The van der Waals surface area contributed by atoms with Crippen LogP contribution in [0.5, 0.6) is 0 Å². The molecular formula is C35H59NO7S. The van der Waals surface area contributed by atoms with Crippen molar-refractivity contribution < 1.29 is 34.7 Å². The minimum atomic E-state index is -1.32. The van der Waals surface area contributed by atoms with Crippen LogP contribution in [0.15, 0.2) is 11.6 Å². The lowest BCUT2D eigenvalue weighted by Gasteiger charge is -2.60. The molecule has 0 aromatic rings. The topological polar surface area (TPSA) is 128 Å². The molecule has 44 heavy (non-hydrogen) atoms. The van der Waals surface area contributed by atoms with E-state index >= 15 is 0 Å². The summed E-state index contributed by atoms with van der Waals surface area (Å²) >= 11 is 1.42. The summed E-state index contributed by atoms with van der Waals surface area (Å²) < 4.78 is 12.1. The largest absolute Gasteiger partial charge is 0.394 e. The van der Waals surface area contributed by atoms with Gasteiger partial charge in [-0.05, 0) is 92.6 Å². The number of thioether (sulfide) groups is 1. The lowest BCUT2D eigenvalue weighted by atomic mass is 9.46. The average molecular weight is 638 g/mol. The fourth-order valence-corrected chi connectivity index (χ4v) is 11.5. The van der Waals surface area contributed by atoms with Crippen LogP contribution in [-0.4, -0.2) is 87.3 Å². The smallest absolute Gasteiger partial charge is 0.217 e. The first-order chi connectivity index (χ1) is 21.0. The minimum absolute atomic E-state index is 0.0126. The van der Waals surface area contributed by atoms with Crippen LogP contribution in [0, 0.1) is 34.5 Å². The van der Waals surface area contributed by atoms with Gasteiger partial charge < -0.3 is 35.2 Å². The number of hydrogen-bond acceptors (Lipinski definition) is 8. The second-order valence-corrected chi connectivity index (χ2v) is 16.2. The third-order valence-corrected chi connectivity index (χ3v) is 14.0. The normalized spacial score (nSPS) is 45.2. The Morgan fingerprint density at radius 2 is 1.84 bits per heavy atom.